The lowest BCUT2D eigenvalue weighted by Gasteiger charge is -2.56. The standard InChI is InChI=1S/C22H23ClN2O10/c1-25(2)17-16(29)12(20(24)32)19(31)22(34)18(30)9-6(5-21(17,22)33)14(27)11-10(15(9)28)7(26)4-8(35-3)13(11)23/h4,6,14,17,26-28,31,33-34H,5H2,1-3H3,(H2,24,32)/t6-,14-,17+,21+,22?/m0/s1. The highest BCUT2D eigenvalue weighted by Gasteiger charge is 2.73. The molecule has 1 aromatic rings. The smallest absolute Gasteiger partial charge is 0.255 e. The highest BCUT2D eigenvalue weighted by molar-refractivity contribution is 6.33. The van der Waals surface area contributed by atoms with Crippen molar-refractivity contribution in [3.8, 4) is 11.5 Å². The zero-order valence-electron chi connectivity index (χ0n) is 18.7. The molecular formula is C22H23ClN2O10. The second kappa shape index (κ2) is 7.67. The lowest BCUT2D eigenvalue weighted by atomic mass is 9.54. The van der Waals surface area contributed by atoms with Gasteiger partial charge in [-0.05, 0) is 20.5 Å². The molecule has 4 rings (SSSR count). The third kappa shape index (κ3) is 2.85. The van der Waals surface area contributed by atoms with E-state index in [1.54, 1.807) is 0 Å². The van der Waals surface area contributed by atoms with Crippen molar-refractivity contribution in [2.75, 3.05) is 21.2 Å². The van der Waals surface area contributed by atoms with Gasteiger partial charge in [0.2, 0.25) is 11.4 Å². The normalized spacial score (nSPS) is 32.4. The maximum absolute atomic E-state index is 13.7. The predicted octanol–water partition coefficient (Wildman–Crippen LogP) is -0.768. The summed E-state index contributed by atoms with van der Waals surface area (Å²) in [5.74, 6) is -8.59. The summed E-state index contributed by atoms with van der Waals surface area (Å²) < 4.78 is 5.07. The lowest BCUT2D eigenvalue weighted by Crippen LogP contribution is -2.77. The number of aliphatic hydroxyl groups excluding tert-OH is 3. The molecule has 0 aromatic heterocycles. The number of primary amides is 1. The number of hydrogen-bond acceptors (Lipinski definition) is 11. The number of hydrogen-bond donors (Lipinski definition) is 7. The maximum atomic E-state index is 13.7. The first-order chi connectivity index (χ1) is 16.2. The number of phenolic OH excluding ortho intramolecular Hbond substituents is 1. The molecule has 1 saturated carbocycles. The molecule has 3 aliphatic carbocycles. The summed E-state index contributed by atoms with van der Waals surface area (Å²) >= 11 is 6.32. The van der Waals surface area contributed by atoms with Crippen molar-refractivity contribution in [3.63, 3.8) is 0 Å². The Kier molecular flexibility index (Phi) is 5.47. The number of halogens is 1. The van der Waals surface area contributed by atoms with Crippen LogP contribution in [0.3, 0.4) is 0 Å². The number of ketones is 2. The first-order valence-corrected chi connectivity index (χ1v) is 10.7. The molecule has 8 N–H and O–H groups in total. The molecule has 1 unspecified atom stereocenters. The summed E-state index contributed by atoms with van der Waals surface area (Å²) in [6.45, 7) is 0. The van der Waals surface area contributed by atoms with Crippen LogP contribution in [0.4, 0.5) is 0 Å². The highest BCUT2D eigenvalue weighted by Crippen LogP contribution is 2.58. The molecule has 0 radical (unpaired) electrons. The number of Topliss-reactive ketones (excluding diaryl/α,β-unsaturated/α-hetero) is 2. The molecule has 5 atom stereocenters. The fourth-order valence-electron chi connectivity index (χ4n) is 5.52. The van der Waals surface area contributed by atoms with E-state index in [4.69, 9.17) is 22.1 Å². The average molecular weight is 511 g/mol. The SMILES string of the molecule is COc1cc(O)c2c(c1Cl)[C@@H](O)[C@H]1C[C@@]3(O)[C@H](N(C)C)C(=O)C(C(N)=O)=C(O)C3(O)C(=O)C1=C2O. The highest BCUT2D eigenvalue weighted by atomic mass is 35.5. The minimum atomic E-state index is -3.30. The van der Waals surface area contributed by atoms with Crippen LogP contribution >= 0.6 is 11.6 Å². The molecule has 3 aliphatic rings. The number of likely N-dealkylation sites (N-methyl/N-ethyl adjacent to an activating group) is 1. The van der Waals surface area contributed by atoms with E-state index in [0.29, 0.717) is 0 Å². The largest absolute Gasteiger partial charge is 0.508 e. The van der Waals surface area contributed by atoms with Crippen LogP contribution in [0.1, 0.15) is 23.7 Å². The van der Waals surface area contributed by atoms with E-state index in [1.807, 2.05) is 0 Å². The van der Waals surface area contributed by atoms with E-state index < -0.39 is 87.1 Å². The minimum Gasteiger partial charge on any atom is -0.508 e. The molecule has 1 aromatic carbocycles. The molecular weight excluding hydrogens is 488 g/mol. The van der Waals surface area contributed by atoms with Crippen LogP contribution < -0.4 is 10.5 Å². The number of benzene rings is 1. The van der Waals surface area contributed by atoms with Gasteiger partial charge >= 0.3 is 0 Å². The molecule has 0 saturated heterocycles. The van der Waals surface area contributed by atoms with E-state index in [2.05, 4.69) is 0 Å². The topological polar surface area (TPSA) is 211 Å². The first-order valence-electron chi connectivity index (χ1n) is 10.3. The number of aliphatic hydroxyl groups is 5. The Hall–Kier alpha value is -3.16. The van der Waals surface area contributed by atoms with Crippen molar-refractivity contribution in [2.45, 2.75) is 29.8 Å². The number of fused-ring (bicyclic) bond motifs is 3. The third-order valence-electron chi connectivity index (χ3n) is 7.03. The molecule has 12 nitrogen and oxygen atoms in total. The summed E-state index contributed by atoms with van der Waals surface area (Å²) in [5.41, 5.74) is -3.24. The predicted molar refractivity (Wildman–Crippen MR) is 119 cm³/mol. The van der Waals surface area contributed by atoms with Gasteiger partial charge in [0.05, 0.1) is 23.8 Å². The molecule has 0 spiro atoms. The van der Waals surface area contributed by atoms with E-state index in [-0.39, 0.29) is 16.3 Å². The average Bonchev–Trinajstić information content (AvgIpc) is 2.75. The lowest BCUT2D eigenvalue weighted by molar-refractivity contribution is -0.206. The van der Waals surface area contributed by atoms with Crippen LogP contribution in [0.2, 0.25) is 5.02 Å². The van der Waals surface area contributed by atoms with Crippen molar-refractivity contribution in [3.05, 3.63) is 39.1 Å². The van der Waals surface area contributed by atoms with Crippen molar-refractivity contribution in [2.24, 2.45) is 11.7 Å². The van der Waals surface area contributed by atoms with Gasteiger partial charge in [0, 0.05) is 23.1 Å². The number of rotatable bonds is 3. The Morgan fingerprint density at radius 1 is 1.23 bits per heavy atom. The summed E-state index contributed by atoms with van der Waals surface area (Å²) in [6, 6.07) is -0.728. The van der Waals surface area contributed by atoms with Crippen molar-refractivity contribution in [1.82, 2.24) is 4.90 Å². The Morgan fingerprint density at radius 3 is 2.34 bits per heavy atom. The zero-order valence-corrected chi connectivity index (χ0v) is 19.5. The van der Waals surface area contributed by atoms with Crippen LogP contribution in [0, 0.1) is 5.92 Å². The molecule has 1 amide bonds. The first kappa shape index (κ1) is 24.9. The Morgan fingerprint density at radius 2 is 1.83 bits per heavy atom. The molecule has 1 fully saturated rings. The number of carbonyl (C=O) groups excluding carboxylic acids is 3. The number of carbonyl (C=O) groups is 3. The van der Waals surface area contributed by atoms with Crippen molar-refractivity contribution >= 4 is 34.8 Å². The number of phenols is 1. The Labute approximate surface area is 203 Å². The number of ether oxygens (including phenoxy) is 1. The second-order valence-corrected chi connectivity index (χ2v) is 9.38. The molecule has 35 heavy (non-hydrogen) atoms. The van der Waals surface area contributed by atoms with Gasteiger partial charge in [0.1, 0.15) is 34.5 Å². The van der Waals surface area contributed by atoms with Crippen LogP contribution in [0.5, 0.6) is 11.5 Å². The number of nitrogens with zero attached hydrogens (tertiary/aromatic N) is 1. The molecule has 0 bridgehead atoms. The molecule has 0 heterocycles. The molecule has 0 aliphatic heterocycles. The van der Waals surface area contributed by atoms with E-state index in [9.17, 15) is 45.0 Å². The number of nitrogens with two attached hydrogens (primary N) is 1. The molecule has 188 valence electrons. The monoisotopic (exact) mass is 510 g/mol. The summed E-state index contributed by atoms with van der Waals surface area (Å²) in [5, 5.41) is 66.5. The minimum absolute atomic E-state index is 0.0544. The summed E-state index contributed by atoms with van der Waals surface area (Å²) in [7, 11) is 3.89. The quantitative estimate of drug-likeness (QED) is 0.251. The fourth-order valence-corrected chi connectivity index (χ4v) is 5.86. The van der Waals surface area contributed by atoms with Crippen LogP contribution in [-0.4, -0.2) is 91.5 Å². The number of amides is 1. The second-order valence-electron chi connectivity index (χ2n) is 9.00. The van der Waals surface area contributed by atoms with E-state index in [0.717, 1.165) is 11.0 Å². The van der Waals surface area contributed by atoms with Crippen LogP contribution in [0.25, 0.3) is 5.76 Å². The van der Waals surface area contributed by atoms with Crippen molar-refractivity contribution < 1.29 is 49.8 Å². The van der Waals surface area contributed by atoms with E-state index in [1.165, 1.54) is 21.2 Å². The van der Waals surface area contributed by atoms with Crippen LogP contribution in [0.15, 0.2) is 23.0 Å². The molecule has 13 heteroatoms. The van der Waals surface area contributed by atoms with Gasteiger partial charge < -0.3 is 41.1 Å². The Bertz CT molecular complexity index is 1270. The third-order valence-corrected chi connectivity index (χ3v) is 7.42. The van der Waals surface area contributed by atoms with Gasteiger partial charge in [-0.2, -0.15) is 0 Å². The zero-order chi connectivity index (χ0) is 26.4. The van der Waals surface area contributed by atoms with Crippen LogP contribution in [-0.2, 0) is 14.4 Å². The van der Waals surface area contributed by atoms with Gasteiger partial charge in [0.15, 0.2) is 11.5 Å². The Balaban J connectivity index is 2.09. The van der Waals surface area contributed by atoms with Gasteiger partial charge in [-0.1, -0.05) is 11.6 Å². The van der Waals surface area contributed by atoms with E-state index >= 15 is 0 Å². The van der Waals surface area contributed by atoms with Gasteiger partial charge in [-0.15, -0.1) is 0 Å². The van der Waals surface area contributed by atoms with Gasteiger partial charge in [-0.3, -0.25) is 19.3 Å². The fraction of sp³-hybridized carbons (Fsp3) is 0.409. The summed E-state index contributed by atoms with van der Waals surface area (Å²) in [4.78, 5) is 39.9. The number of aromatic hydroxyl groups is 1. The van der Waals surface area contributed by atoms with Gasteiger partial charge in [-0.25, -0.2) is 0 Å². The summed E-state index contributed by atoms with van der Waals surface area (Å²) in [6.07, 6.45) is -2.49. The van der Waals surface area contributed by atoms with Gasteiger partial charge in [0.25, 0.3) is 5.91 Å². The van der Waals surface area contributed by atoms with Crippen molar-refractivity contribution in [1.29, 1.82) is 0 Å². The number of methoxy groups -OCH3 is 1. The maximum Gasteiger partial charge on any atom is 0.255 e.